The maximum atomic E-state index is 10.8. The molecule has 1 aromatic heterocycles. The van der Waals surface area contributed by atoms with Crippen LogP contribution in [0.4, 0.5) is 5.69 Å². The number of nitrogens with zero attached hydrogens (tertiary/aromatic N) is 2. The molecule has 1 aliphatic carbocycles. The third-order valence-electron chi connectivity index (χ3n) is 3.48. The first-order chi connectivity index (χ1) is 9.81. The highest BCUT2D eigenvalue weighted by Crippen LogP contribution is 2.35. The Kier molecular flexibility index (Phi) is 3.26. The van der Waals surface area contributed by atoms with Crippen molar-refractivity contribution in [1.82, 2.24) is 0 Å². The second-order valence-electron chi connectivity index (χ2n) is 4.94. The molecule has 0 spiro atoms. The SMILES string of the molecule is N#Cc1cc(C=O)ccc1N(Cc1ccco1)C1CC1. The van der Waals surface area contributed by atoms with Gasteiger partial charge in [0.25, 0.3) is 0 Å². The Morgan fingerprint density at radius 3 is 2.85 bits per heavy atom. The molecule has 2 aromatic rings. The molecule has 1 aromatic carbocycles. The van der Waals surface area contributed by atoms with Gasteiger partial charge in [-0.1, -0.05) is 0 Å². The van der Waals surface area contributed by atoms with Crippen LogP contribution in [0.5, 0.6) is 0 Å². The monoisotopic (exact) mass is 266 g/mol. The first-order valence-corrected chi connectivity index (χ1v) is 6.60. The van der Waals surface area contributed by atoms with Crippen molar-refractivity contribution < 1.29 is 9.21 Å². The molecule has 0 saturated heterocycles. The predicted molar refractivity (Wildman–Crippen MR) is 74.5 cm³/mol. The van der Waals surface area contributed by atoms with E-state index in [0.29, 0.717) is 23.7 Å². The number of anilines is 1. The van der Waals surface area contributed by atoms with Crippen LogP contribution in [0.1, 0.15) is 34.5 Å². The minimum Gasteiger partial charge on any atom is -0.467 e. The number of carbonyl (C=O) groups excluding carboxylic acids is 1. The Balaban J connectivity index is 1.95. The fraction of sp³-hybridized carbons (Fsp3) is 0.250. The summed E-state index contributed by atoms with van der Waals surface area (Å²) in [5, 5.41) is 9.30. The minimum absolute atomic E-state index is 0.453. The fourth-order valence-electron chi connectivity index (χ4n) is 2.33. The van der Waals surface area contributed by atoms with E-state index in [1.807, 2.05) is 18.2 Å². The van der Waals surface area contributed by atoms with Crippen molar-refractivity contribution in [2.24, 2.45) is 0 Å². The number of aldehydes is 1. The minimum atomic E-state index is 0.453. The molecule has 0 aliphatic heterocycles. The highest BCUT2D eigenvalue weighted by molar-refractivity contribution is 5.78. The summed E-state index contributed by atoms with van der Waals surface area (Å²) in [5.41, 5.74) is 1.93. The Hall–Kier alpha value is -2.54. The van der Waals surface area contributed by atoms with Crippen LogP contribution in [-0.4, -0.2) is 12.3 Å². The van der Waals surface area contributed by atoms with E-state index in [1.54, 1.807) is 18.4 Å². The first-order valence-electron chi connectivity index (χ1n) is 6.60. The van der Waals surface area contributed by atoms with Crippen LogP contribution in [0.25, 0.3) is 0 Å². The molecule has 1 saturated carbocycles. The van der Waals surface area contributed by atoms with Gasteiger partial charge in [0.1, 0.15) is 18.1 Å². The molecular weight excluding hydrogens is 252 g/mol. The van der Waals surface area contributed by atoms with Gasteiger partial charge in [-0.25, -0.2) is 0 Å². The van der Waals surface area contributed by atoms with Crippen LogP contribution in [0.3, 0.4) is 0 Å². The summed E-state index contributed by atoms with van der Waals surface area (Å²) in [7, 11) is 0. The summed E-state index contributed by atoms with van der Waals surface area (Å²) >= 11 is 0. The lowest BCUT2D eigenvalue weighted by Gasteiger charge is -2.24. The van der Waals surface area contributed by atoms with Crippen LogP contribution in [0, 0.1) is 11.3 Å². The quantitative estimate of drug-likeness (QED) is 0.780. The second-order valence-corrected chi connectivity index (χ2v) is 4.94. The molecule has 1 heterocycles. The molecule has 4 nitrogen and oxygen atoms in total. The molecule has 0 unspecified atom stereocenters. The summed E-state index contributed by atoms with van der Waals surface area (Å²) in [4.78, 5) is 13.0. The number of hydrogen-bond donors (Lipinski definition) is 0. The van der Waals surface area contributed by atoms with Crippen molar-refractivity contribution in [2.75, 3.05) is 4.90 Å². The molecule has 1 aliphatic rings. The van der Waals surface area contributed by atoms with Crippen molar-refractivity contribution in [3.05, 3.63) is 53.5 Å². The normalized spacial score (nSPS) is 13.8. The third-order valence-corrected chi connectivity index (χ3v) is 3.48. The zero-order valence-corrected chi connectivity index (χ0v) is 11.0. The van der Waals surface area contributed by atoms with Gasteiger partial charge in [-0.05, 0) is 43.2 Å². The van der Waals surface area contributed by atoms with E-state index in [9.17, 15) is 10.1 Å². The molecule has 0 atom stereocenters. The van der Waals surface area contributed by atoms with Crippen molar-refractivity contribution in [3.8, 4) is 6.07 Å². The van der Waals surface area contributed by atoms with Gasteiger partial charge >= 0.3 is 0 Å². The predicted octanol–water partition coefficient (Wildman–Crippen LogP) is 3.13. The van der Waals surface area contributed by atoms with Crippen molar-refractivity contribution >= 4 is 12.0 Å². The number of benzene rings is 1. The second kappa shape index (κ2) is 5.22. The standard InChI is InChI=1S/C16H14N2O2/c17-9-13-8-12(11-19)3-6-16(13)18(14-4-5-14)10-15-2-1-7-20-15/h1-3,6-8,11,14H,4-5,10H2. The molecule has 4 heteroatoms. The number of furan rings is 1. The number of carbonyl (C=O) groups is 1. The smallest absolute Gasteiger partial charge is 0.150 e. The summed E-state index contributed by atoms with van der Waals surface area (Å²) < 4.78 is 5.40. The number of nitriles is 1. The van der Waals surface area contributed by atoms with Crippen molar-refractivity contribution in [3.63, 3.8) is 0 Å². The van der Waals surface area contributed by atoms with Gasteiger partial charge < -0.3 is 9.32 Å². The summed E-state index contributed by atoms with van der Waals surface area (Å²) in [6.45, 7) is 0.646. The van der Waals surface area contributed by atoms with Crippen molar-refractivity contribution in [2.45, 2.75) is 25.4 Å². The molecule has 3 rings (SSSR count). The molecule has 100 valence electrons. The summed E-state index contributed by atoms with van der Waals surface area (Å²) in [6, 6.07) is 11.7. The van der Waals surface area contributed by atoms with E-state index in [4.69, 9.17) is 4.42 Å². The molecule has 1 fully saturated rings. The number of rotatable bonds is 5. The van der Waals surface area contributed by atoms with Gasteiger partial charge in [-0.3, -0.25) is 4.79 Å². The average molecular weight is 266 g/mol. The summed E-state index contributed by atoms with van der Waals surface area (Å²) in [6.07, 6.45) is 4.67. The Bertz CT molecular complexity index is 652. The van der Waals surface area contributed by atoms with E-state index in [0.717, 1.165) is 30.6 Å². The summed E-state index contributed by atoms with van der Waals surface area (Å²) in [5.74, 6) is 0.875. The van der Waals surface area contributed by atoms with Gasteiger partial charge in [-0.15, -0.1) is 0 Å². The zero-order chi connectivity index (χ0) is 13.9. The van der Waals surface area contributed by atoms with E-state index in [2.05, 4.69) is 11.0 Å². The Morgan fingerprint density at radius 2 is 2.25 bits per heavy atom. The largest absolute Gasteiger partial charge is 0.467 e. The van der Waals surface area contributed by atoms with Crippen LogP contribution >= 0.6 is 0 Å². The molecule has 0 N–H and O–H groups in total. The number of hydrogen-bond acceptors (Lipinski definition) is 4. The molecule has 0 radical (unpaired) electrons. The third kappa shape index (κ3) is 2.43. The van der Waals surface area contributed by atoms with Gasteiger partial charge in [0.15, 0.2) is 0 Å². The van der Waals surface area contributed by atoms with Crippen LogP contribution in [0.15, 0.2) is 41.0 Å². The first kappa shape index (κ1) is 12.5. The fourth-order valence-corrected chi connectivity index (χ4v) is 2.33. The molecule has 0 bridgehead atoms. The molecule has 0 amide bonds. The molecule has 20 heavy (non-hydrogen) atoms. The van der Waals surface area contributed by atoms with Gasteiger partial charge in [0.05, 0.1) is 24.1 Å². The van der Waals surface area contributed by atoms with Crippen molar-refractivity contribution in [1.29, 1.82) is 5.26 Å². The Labute approximate surface area is 117 Å². The van der Waals surface area contributed by atoms with E-state index >= 15 is 0 Å². The van der Waals surface area contributed by atoms with Crippen LogP contribution in [-0.2, 0) is 6.54 Å². The highest BCUT2D eigenvalue weighted by atomic mass is 16.3. The van der Waals surface area contributed by atoms with E-state index in [-0.39, 0.29) is 0 Å². The lowest BCUT2D eigenvalue weighted by molar-refractivity contribution is 0.112. The van der Waals surface area contributed by atoms with Crippen LogP contribution < -0.4 is 4.90 Å². The maximum Gasteiger partial charge on any atom is 0.150 e. The lowest BCUT2D eigenvalue weighted by atomic mass is 10.1. The van der Waals surface area contributed by atoms with Gasteiger partial charge in [0.2, 0.25) is 0 Å². The van der Waals surface area contributed by atoms with E-state index in [1.165, 1.54) is 0 Å². The van der Waals surface area contributed by atoms with Gasteiger partial charge in [-0.2, -0.15) is 5.26 Å². The molecular formula is C16H14N2O2. The average Bonchev–Trinajstić information content (AvgIpc) is 3.21. The Morgan fingerprint density at radius 1 is 1.40 bits per heavy atom. The van der Waals surface area contributed by atoms with E-state index < -0.39 is 0 Å². The maximum absolute atomic E-state index is 10.8. The van der Waals surface area contributed by atoms with Gasteiger partial charge in [0, 0.05) is 11.6 Å². The van der Waals surface area contributed by atoms with Crippen LogP contribution in [0.2, 0.25) is 0 Å². The lowest BCUT2D eigenvalue weighted by Crippen LogP contribution is -2.25. The zero-order valence-electron chi connectivity index (χ0n) is 11.0. The topological polar surface area (TPSA) is 57.2 Å². The highest BCUT2D eigenvalue weighted by Gasteiger charge is 2.31.